The van der Waals surface area contributed by atoms with Gasteiger partial charge >= 0.3 is 0 Å². The van der Waals surface area contributed by atoms with Crippen LogP contribution in [0.25, 0.3) is 0 Å². The Kier molecular flexibility index (Phi) is 8.17. The Morgan fingerprint density at radius 1 is 1.43 bits per heavy atom. The lowest BCUT2D eigenvalue weighted by Gasteiger charge is -2.13. The second-order valence-electron chi connectivity index (χ2n) is 2.95. The maximum atomic E-state index is 10.7. The average Bonchev–Trinajstić information content (AvgIpc) is 2.23. The van der Waals surface area contributed by atoms with Crippen LogP contribution in [0, 0.1) is 0 Å². The van der Waals surface area contributed by atoms with Gasteiger partial charge in [0.25, 0.3) is 0 Å². The molecular formula is C10H20N2O2. The van der Waals surface area contributed by atoms with E-state index in [1.54, 1.807) is 0 Å². The lowest BCUT2D eigenvalue weighted by atomic mass is 10.2. The van der Waals surface area contributed by atoms with Crippen LogP contribution < -0.4 is 10.8 Å². The van der Waals surface area contributed by atoms with Crippen LogP contribution in [-0.2, 0) is 9.63 Å². The van der Waals surface area contributed by atoms with Gasteiger partial charge in [-0.25, -0.2) is 5.48 Å². The molecule has 14 heavy (non-hydrogen) atoms. The van der Waals surface area contributed by atoms with E-state index >= 15 is 0 Å². The van der Waals surface area contributed by atoms with Gasteiger partial charge in [0.1, 0.15) is 0 Å². The van der Waals surface area contributed by atoms with Gasteiger partial charge < -0.3 is 5.32 Å². The molecule has 0 unspecified atom stereocenters. The second-order valence-corrected chi connectivity index (χ2v) is 2.95. The quantitative estimate of drug-likeness (QED) is 0.349. The molecule has 0 aromatic heterocycles. The monoisotopic (exact) mass is 200 g/mol. The van der Waals surface area contributed by atoms with Gasteiger partial charge in [-0.2, -0.15) is 0 Å². The minimum absolute atomic E-state index is 0.158. The predicted octanol–water partition coefficient (Wildman–Crippen LogP) is 0.998. The van der Waals surface area contributed by atoms with Crippen molar-refractivity contribution in [1.82, 2.24) is 10.8 Å². The molecule has 0 saturated carbocycles. The average molecular weight is 200 g/mol. The van der Waals surface area contributed by atoms with Gasteiger partial charge in [0.05, 0.1) is 6.10 Å². The summed E-state index contributed by atoms with van der Waals surface area (Å²) in [5, 5.41) is 2.64. The van der Waals surface area contributed by atoms with Crippen molar-refractivity contribution in [1.29, 1.82) is 0 Å². The van der Waals surface area contributed by atoms with Crippen LogP contribution >= 0.6 is 0 Å². The molecule has 0 aromatic carbocycles. The van der Waals surface area contributed by atoms with Crippen molar-refractivity contribution in [3.63, 3.8) is 0 Å². The Hall–Kier alpha value is -0.870. The van der Waals surface area contributed by atoms with Crippen LogP contribution in [0.3, 0.4) is 0 Å². The van der Waals surface area contributed by atoms with E-state index in [4.69, 9.17) is 4.84 Å². The fourth-order valence-corrected chi connectivity index (χ4v) is 0.941. The number of hydrogen-bond donors (Lipinski definition) is 2. The Morgan fingerprint density at radius 3 is 2.57 bits per heavy atom. The summed E-state index contributed by atoms with van der Waals surface area (Å²) in [5.41, 5.74) is 2.82. The Bertz CT molecular complexity index is 168. The van der Waals surface area contributed by atoms with Crippen LogP contribution in [0.2, 0.25) is 0 Å². The highest BCUT2D eigenvalue weighted by Gasteiger charge is 2.01. The Balaban J connectivity index is 3.28. The summed E-state index contributed by atoms with van der Waals surface area (Å²) in [7, 11) is 0. The zero-order valence-electron chi connectivity index (χ0n) is 9.01. The first-order valence-corrected chi connectivity index (χ1v) is 5.03. The standard InChI is InChI=1S/C10H20N2O2/c1-4-9(5-2)14-12-8-7-11-10(13)6-3/h6,9,12H,3-5,7-8H2,1-2H3,(H,11,13). The fraction of sp³-hybridized carbons (Fsp3) is 0.700. The Morgan fingerprint density at radius 2 is 2.07 bits per heavy atom. The lowest BCUT2D eigenvalue weighted by Crippen LogP contribution is -2.32. The summed E-state index contributed by atoms with van der Waals surface area (Å²) in [4.78, 5) is 16.1. The van der Waals surface area contributed by atoms with E-state index in [1.807, 2.05) is 0 Å². The summed E-state index contributed by atoms with van der Waals surface area (Å²) in [6.07, 6.45) is 3.48. The molecule has 0 rings (SSSR count). The summed E-state index contributed by atoms with van der Waals surface area (Å²) in [6, 6.07) is 0. The molecule has 0 aromatic rings. The zero-order chi connectivity index (χ0) is 10.8. The maximum absolute atomic E-state index is 10.7. The molecule has 0 heterocycles. The summed E-state index contributed by atoms with van der Waals surface area (Å²) >= 11 is 0. The van der Waals surface area contributed by atoms with Crippen LogP contribution in [0.4, 0.5) is 0 Å². The molecule has 82 valence electrons. The molecule has 0 aliphatic rings. The van der Waals surface area contributed by atoms with E-state index in [-0.39, 0.29) is 12.0 Å². The van der Waals surface area contributed by atoms with Crippen molar-refractivity contribution in [2.75, 3.05) is 13.1 Å². The number of rotatable bonds is 8. The van der Waals surface area contributed by atoms with Gasteiger partial charge in [-0.3, -0.25) is 9.63 Å². The van der Waals surface area contributed by atoms with E-state index in [0.717, 1.165) is 12.8 Å². The van der Waals surface area contributed by atoms with Crippen molar-refractivity contribution < 1.29 is 9.63 Å². The normalized spacial score (nSPS) is 10.2. The molecule has 0 bridgehead atoms. The molecule has 2 N–H and O–H groups in total. The third-order valence-corrected chi connectivity index (χ3v) is 1.87. The molecule has 0 saturated heterocycles. The second kappa shape index (κ2) is 8.72. The van der Waals surface area contributed by atoms with Gasteiger partial charge in [0, 0.05) is 13.1 Å². The van der Waals surface area contributed by atoms with E-state index < -0.39 is 0 Å². The van der Waals surface area contributed by atoms with Gasteiger partial charge in [0.2, 0.25) is 5.91 Å². The third-order valence-electron chi connectivity index (χ3n) is 1.87. The van der Waals surface area contributed by atoms with E-state index in [9.17, 15) is 4.79 Å². The Labute approximate surface area is 85.7 Å². The first-order chi connectivity index (χ1) is 6.74. The van der Waals surface area contributed by atoms with E-state index in [2.05, 4.69) is 31.2 Å². The minimum Gasteiger partial charge on any atom is -0.351 e. The molecule has 4 heteroatoms. The van der Waals surface area contributed by atoms with Gasteiger partial charge in [-0.05, 0) is 18.9 Å². The van der Waals surface area contributed by atoms with Crippen LogP contribution in [-0.4, -0.2) is 25.1 Å². The van der Waals surface area contributed by atoms with E-state index in [1.165, 1.54) is 6.08 Å². The highest BCUT2D eigenvalue weighted by atomic mass is 16.7. The highest BCUT2D eigenvalue weighted by Crippen LogP contribution is 1.99. The topological polar surface area (TPSA) is 50.4 Å². The molecule has 0 radical (unpaired) electrons. The smallest absolute Gasteiger partial charge is 0.243 e. The van der Waals surface area contributed by atoms with Crippen molar-refractivity contribution >= 4 is 5.91 Å². The summed E-state index contributed by atoms with van der Waals surface area (Å²) in [6.45, 7) is 8.66. The number of carbonyl (C=O) groups is 1. The third kappa shape index (κ3) is 6.62. The van der Waals surface area contributed by atoms with Crippen molar-refractivity contribution in [3.8, 4) is 0 Å². The number of nitrogens with one attached hydrogen (secondary N) is 2. The molecule has 1 amide bonds. The number of amides is 1. The molecule has 0 atom stereocenters. The van der Waals surface area contributed by atoms with Crippen LogP contribution in [0.5, 0.6) is 0 Å². The summed E-state index contributed by atoms with van der Waals surface area (Å²) in [5.74, 6) is -0.158. The molecule has 0 aliphatic carbocycles. The molecule has 4 nitrogen and oxygen atoms in total. The van der Waals surface area contributed by atoms with Crippen molar-refractivity contribution in [2.24, 2.45) is 0 Å². The maximum Gasteiger partial charge on any atom is 0.243 e. The molecule has 0 fully saturated rings. The molecule has 0 spiro atoms. The fourth-order valence-electron chi connectivity index (χ4n) is 0.941. The van der Waals surface area contributed by atoms with Crippen LogP contribution in [0.15, 0.2) is 12.7 Å². The largest absolute Gasteiger partial charge is 0.351 e. The SMILES string of the molecule is C=CC(=O)NCCNOC(CC)CC. The van der Waals surface area contributed by atoms with Gasteiger partial charge in [-0.15, -0.1) is 0 Å². The van der Waals surface area contributed by atoms with Crippen molar-refractivity contribution in [2.45, 2.75) is 32.8 Å². The molecule has 0 aliphatic heterocycles. The number of hydroxylamine groups is 1. The number of carbonyl (C=O) groups excluding carboxylic acids is 1. The first-order valence-electron chi connectivity index (χ1n) is 5.03. The first kappa shape index (κ1) is 13.1. The van der Waals surface area contributed by atoms with Crippen molar-refractivity contribution in [3.05, 3.63) is 12.7 Å². The van der Waals surface area contributed by atoms with Crippen LogP contribution in [0.1, 0.15) is 26.7 Å². The van der Waals surface area contributed by atoms with Gasteiger partial charge in [0.15, 0.2) is 0 Å². The minimum atomic E-state index is -0.158. The predicted molar refractivity (Wildman–Crippen MR) is 56.7 cm³/mol. The summed E-state index contributed by atoms with van der Waals surface area (Å²) < 4.78 is 0. The lowest BCUT2D eigenvalue weighted by molar-refractivity contribution is -0.116. The highest BCUT2D eigenvalue weighted by molar-refractivity contribution is 5.86. The number of hydrogen-bond acceptors (Lipinski definition) is 3. The van der Waals surface area contributed by atoms with E-state index in [0.29, 0.717) is 13.1 Å². The zero-order valence-corrected chi connectivity index (χ0v) is 9.01. The molecular weight excluding hydrogens is 180 g/mol. The van der Waals surface area contributed by atoms with Gasteiger partial charge in [-0.1, -0.05) is 20.4 Å².